The lowest BCUT2D eigenvalue weighted by Crippen LogP contribution is -2.08. The normalized spacial score (nSPS) is 10.5. The van der Waals surface area contributed by atoms with Crippen molar-refractivity contribution in [2.45, 2.75) is 26.7 Å². The number of Topliss-reactive ketones (excluding diaryl/α,β-unsaturated/α-hetero) is 1. The van der Waals surface area contributed by atoms with E-state index in [1.165, 1.54) is 14.2 Å². The first-order valence-electron chi connectivity index (χ1n) is 6.38. The number of carbonyl (C=O) groups is 2. The summed E-state index contributed by atoms with van der Waals surface area (Å²) in [6, 6.07) is 3.58. The van der Waals surface area contributed by atoms with Crippen LogP contribution in [-0.2, 0) is 11.2 Å². The van der Waals surface area contributed by atoms with Crippen molar-refractivity contribution >= 4 is 32.2 Å². The van der Waals surface area contributed by atoms with Crippen molar-refractivity contribution in [3.05, 3.63) is 23.3 Å². The van der Waals surface area contributed by atoms with E-state index >= 15 is 0 Å². The molecule has 0 amide bonds. The van der Waals surface area contributed by atoms with E-state index in [0.717, 1.165) is 5.56 Å². The van der Waals surface area contributed by atoms with Crippen molar-refractivity contribution in [2.75, 3.05) is 14.2 Å². The minimum Gasteiger partial charge on any atom is -0.493 e. The molecule has 0 saturated carbocycles. The third kappa shape index (κ3) is 4.19. The van der Waals surface area contributed by atoms with Crippen molar-refractivity contribution < 1.29 is 19.1 Å². The van der Waals surface area contributed by atoms with Gasteiger partial charge in [0.1, 0.15) is 5.78 Å². The molecule has 5 heteroatoms. The molecule has 0 aliphatic carbocycles. The smallest absolute Gasteiger partial charge is 0.226 e. The molecular formula is C15H19IO4. The fourth-order valence-electron chi connectivity index (χ4n) is 1.87. The number of methoxy groups -OCH3 is 2. The molecule has 0 aliphatic heterocycles. The van der Waals surface area contributed by atoms with Gasteiger partial charge in [-0.05, 0) is 24.1 Å². The Morgan fingerprint density at radius 1 is 1.20 bits per heavy atom. The summed E-state index contributed by atoms with van der Waals surface area (Å²) in [5.74, 6) is 1.19. The van der Waals surface area contributed by atoms with Crippen LogP contribution in [0, 0.1) is 5.92 Å². The van der Waals surface area contributed by atoms with Gasteiger partial charge in [0.05, 0.1) is 19.8 Å². The highest BCUT2D eigenvalue weighted by molar-refractivity contribution is 14.1. The van der Waals surface area contributed by atoms with Gasteiger partial charge in [-0.1, -0.05) is 13.8 Å². The molecule has 0 heterocycles. The number of benzene rings is 1. The van der Waals surface area contributed by atoms with Crippen molar-refractivity contribution in [1.82, 2.24) is 0 Å². The zero-order valence-corrected chi connectivity index (χ0v) is 14.3. The number of aryl methyl sites for hydroxylation is 1. The molecule has 0 aliphatic rings. The number of halogens is 1. The van der Waals surface area contributed by atoms with Crippen molar-refractivity contribution in [3.63, 3.8) is 0 Å². The average Bonchev–Trinajstić information content (AvgIpc) is 2.42. The Hall–Kier alpha value is -1.11. The largest absolute Gasteiger partial charge is 0.493 e. The summed E-state index contributed by atoms with van der Waals surface area (Å²) >= 11 is 1.72. The second-order valence-electron chi connectivity index (χ2n) is 4.77. The average molecular weight is 390 g/mol. The molecule has 0 unspecified atom stereocenters. The fourth-order valence-corrected chi connectivity index (χ4v) is 2.27. The lowest BCUT2D eigenvalue weighted by Gasteiger charge is -2.13. The molecule has 0 spiro atoms. The van der Waals surface area contributed by atoms with E-state index in [1.807, 2.05) is 19.9 Å². The van der Waals surface area contributed by atoms with Crippen LogP contribution in [0.1, 0.15) is 36.2 Å². The second kappa shape index (κ2) is 7.61. The summed E-state index contributed by atoms with van der Waals surface area (Å²) in [4.78, 5) is 23.4. The summed E-state index contributed by atoms with van der Waals surface area (Å²) in [6.07, 6.45) is 1.05. The van der Waals surface area contributed by atoms with Crippen LogP contribution in [0.25, 0.3) is 0 Å². The Morgan fingerprint density at radius 2 is 1.85 bits per heavy atom. The zero-order chi connectivity index (χ0) is 15.3. The summed E-state index contributed by atoms with van der Waals surface area (Å²) in [5, 5.41) is 0. The zero-order valence-electron chi connectivity index (χ0n) is 12.2. The molecule has 0 atom stereocenters. The summed E-state index contributed by atoms with van der Waals surface area (Å²) in [5.41, 5.74) is 1.37. The Bertz CT molecular complexity index is 509. The monoisotopic (exact) mass is 390 g/mol. The van der Waals surface area contributed by atoms with E-state index in [9.17, 15) is 9.59 Å². The Kier molecular flexibility index (Phi) is 6.45. The van der Waals surface area contributed by atoms with Crippen LogP contribution in [0.2, 0.25) is 0 Å². The number of ether oxygens (including phenoxy) is 2. The molecule has 0 fully saturated rings. The molecule has 4 nitrogen and oxygen atoms in total. The number of hydrogen-bond donors (Lipinski definition) is 0. The van der Waals surface area contributed by atoms with E-state index in [4.69, 9.17) is 9.47 Å². The lowest BCUT2D eigenvalue weighted by atomic mass is 9.99. The molecule has 1 aromatic rings. The van der Waals surface area contributed by atoms with E-state index in [1.54, 1.807) is 28.7 Å². The molecule has 0 bridgehead atoms. The van der Waals surface area contributed by atoms with Crippen LogP contribution < -0.4 is 9.47 Å². The van der Waals surface area contributed by atoms with Gasteiger partial charge in [-0.15, -0.1) is 0 Å². The number of carbonyl (C=O) groups excluding carboxylic acids is 2. The number of ketones is 1. The van der Waals surface area contributed by atoms with Gasteiger partial charge in [0.15, 0.2) is 11.5 Å². The highest BCUT2D eigenvalue weighted by atomic mass is 127. The van der Waals surface area contributed by atoms with Crippen LogP contribution in [0.15, 0.2) is 12.1 Å². The molecule has 0 radical (unpaired) electrons. The van der Waals surface area contributed by atoms with Crippen LogP contribution in [-0.4, -0.2) is 23.8 Å². The Balaban J connectivity index is 3.06. The van der Waals surface area contributed by atoms with Crippen molar-refractivity contribution in [2.24, 2.45) is 5.92 Å². The van der Waals surface area contributed by atoms with Gasteiger partial charge in [0.2, 0.25) is 3.79 Å². The van der Waals surface area contributed by atoms with Gasteiger partial charge in [0, 0.05) is 34.9 Å². The highest BCUT2D eigenvalue weighted by Gasteiger charge is 2.17. The maximum Gasteiger partial charge on any atom is 0.226 e. The van der Waals surface area contributed by atoms with Crippen LogP contribution in [0.5, 0.6) is 11.5 Å². The van der Waals surface area contributed by atoms with E-state index in [-0.39, 0.29) is 15.5 Å². The second-order valence-corrected chi connectivity index (χ2v) is 5.75. The van der Waals surface area contributed by atoms with Crippen LogP contribution in [0.4, 0.5) is 0 Å². The molecule has 1 rings (SSSR count). The third-order valence-electron chi connectivity index (χ3n) is 3.05. The first-order valence-corrected chi connectivity index (χ1v) is 7.46. The summed E-state index contributed by atoms with van der Waals surface area (Å²) in [6.45, 7) is 3.77. The first-order chi connectivity index (χ1) is 9.40. The number of hydrogen-bond acceptors (Lipinski definition) is 4. The molecule has 0 aromatic heterocycles. The molecule has 1 aromatic carbocycles. The Morgan fingerprint density at radius 3 is 2.30 bits per heavy atom. The van der Waals surface area contributed by atoms with Gasteiger partial charge in [-0.3, -0.25) is 9.59 Å². The molecule has 110 valence electrons. The Labute approximate surface area is 133 Å². The molecule has 20 heavy (non-hydrogen) atoms. The van der Waals surface area contributed by atoms with Gasteiger partial charge in [-0.2, -0.15) is 0 Å². The maximum atomic E-state index is 11.7. The van der Waals surface area contributed by atoms with Crippen molar-refractivity contribution in [3.8, 4) is 11.5 Å². The SMILES string of the molecule is COc1cc(CCC(=O)C(C)C)cc(C(=O)I)c1OC. The maximum absolute atomic E-state index is 11.7. The molecule has 0 N–H and O–H groups in total. The van der Waals surface area contributed by atoms with Gasteiger partial charge in [-0.25, -0.2) is 0 Å². The first kappa shape index (κ1) is 16.9. The predicted octanol–water partition coefficient (Wildman–Crippen LogP) is 3.44. The molecular weight excluding hydrogens is 371 g/mol. The quantitative estimate of drug-likeness (QED) is 0.529. The van der Waals surface area contributed by atoms with Gasteiger partial charge >= 0.3 is 0 Å². The van der Waals surface area contributed by atoms with E-state index in [0.29, 0.717) is 29.9 Å². The highest BCUT2D eigenvalue weighted by Crippen LogP contribution is 2.34. The van der Waals surface area contributed by atoms with Gasteiger partial charge < -0.3 is 9.47 Å². The molecule has 0 saturated heterocycles. The minimum atomic E-state index is -0.116. The lowest BCUT2D eigenvalue weighted by molar-refractivity contribution is -0.121. The standard InChI is InChI=1S/C15H19IO4/c1-9(2)12(17)6-5-10-7-11(15(16)18)14(20-4)13(8-10)19-3/h7-9H,5-6H2,1-4H3. The van der Waals surface area contributed by atoms with Crippen molar-refractivity contribution in [1.29, 1.82) is 0 Å². The van der Waals surface area contributed by atoms with E-state index < -0.39 is 0 Å². The minimum absolute atomic E-state index is 0.0285. The summed E-state index contributed by atoms with van der Waals surface area (Å²) in [7, 11) is 3.03. The fraction of sp³-hybridized carbons (Fsp3) is 0.467. The topological polar surface area (TPSA) is 52.6 Å². The predicted molar refractivity (Wildman–Crippen MR) is 86.1 cm³/mol. The van der Waals surface area contributed by atoms with Crippen LogP contribution in [0.3, 0.4) is 0 Å². The van der Waals surface area contributed by atoms with E-state index in [2.05, 4.69) is 0 Å². The van der Waals surface area contributed by atoms with Crippen LogP contribution >= 0.6 is 22.6 Å². The third-order valence-corrected chi connectivity index (χ3v) is 3.64. The number of rotatable bonds is 7. The summed E-state index contributed by atoms with van der Waals surface area (Å²) < 4.78 is 10.4. The van der Waals surface area contributed by atoms with Gasteiger partial charge in [0.25, 0.3) is 0 Å².